The first kappa shape index (κ1) is 25.2. The summed E-state index contributed by atoms with van der Waals surface area (Å²) < 4.78 is 71.2. The number of halogens is 7. The molecule has 5 rings (SSSR count). The predicted octanol–water partition coefficient (Wildman–Crippen LogP) is 6.37. The zero-order chi connectivity index (χ0) is 27.0. The molecular formula is C26H14Cl2F5NO3. The van der Waals surface area contributed by atoms with Gasteiger partial charge in [-0.25, -0.2) is 26.9 Å². The van der Waals surface area contributed by atoms with E-state index in [4.69, 9.17) is 23.2 Å². The number of hydrogen-bond donors (Lipinski definition) is 1. The third kappa shape index (κ3) is 3.07. The van der Waals surface area contributed by atoms with Crippen molar-refractivity contribution in [3.05, 3.63) is 95.4 Å². The molecule has 37 heavy (non-hydrogen) atoms. The Morgan fingerprint density at radius 3 is 2.14 bits per heavy atom. The van der Waals surface area contributed by atoms with E-state index < -0.39 is 68.7 Å². The van der Waals surface area contributed by atoms with E-state index in [0.717, 1.165) is 0 Å². The van der Waals surface area contributed by atoms with E-state index in [9.17, 15) is 36.6 Å². The van der Waals surface area contributed by atoms with Gasteiger partial charge in [-0.15, -0.1) is 23.2 Å². The summed E-state index contributed by atoms with van der Waals surface area (Å²) in [4.78, 5) is 22.2. The van der Waals surface area contributed by atoms with Gasteiger partial charge in [-0.2, -0.15) is 0 Å². The third-order valence-electron chi connectivity index (χ3n) is 6.87. The SMILES string of the molecule is C=CC1=CCC2(Cl)C(=O)N(c3c(F)c(F)c(F)c(F)c3F)C(=O)C2(Cl)C1c1c(O)ccc2ccccc12. The summed E-state index contributed by atoms with van der Waals surface area (Å²) in [5.74, 6) is -16.7. The zero-order valence-corrected chi connectivity index (χ0v) is 20.0. The summed E-state index contributed by atoms with van der Waals surface area (Å²) in [5.41, 5.74) is -1.48. The standard InChI is InChI=1S/C26H14Cl2F5NO3/c1-2-11-9-10-25(27)23(36)34(22-20(32)18(30)17(29)19(31)21(22)33)24(37)26(25,28)16(11)15-13-6-4-3-5-12(13)7-8-14(15)35/h2-9,16,35H,1,10H2. The number of rotatable bonds is 3. The molecule has 0 saturated carbocycles. The smallest absolute Gasteiger partial charge is 0.258 e. The van der Waals surface area contributed by atoms with Gasteiger partial charge in [-0.3, -0.25) is 9.59 Å². The van der Waals surface area contributed by atoms with E-state index >= 15 is 0 Å². The largest absolute Gasteiger partial charge is 0.508 e. The van der Waals surface area contributed by atoms with Crippen LogP contribution in [0, 0.1) is 29.1 Å². The van der Waals surface area contributed by atoms with Crippen LogP contribution in [0.4, 0.5) is 27.6 Å². The van der Waals surface area contributed by atoms with E-state index in [1.807, 2.05) is 0 Å². The Morgan fingerprint density at radius 1 is 0.919 bits per heavy atom. The molecule has 1 aliphatic heterocycles. The molecule has 11 heteroatoms. The lowest BCUT2D eigenvalue weighted by molar-refractivity contribution is -0.122. The summed E-state index contributed by atoms with van der Waals surface area (Å²) in [6.45, 7) is 3.70. The van der Waals surface area contributed by atoms with Crippen molar-refractivity contribution in [2.75, 3.05) is 4.90 Å². The minimum atomic E-state index is -2.56. The van der Waals surface area contributed by atoms with Gasteiger partial charge < -0.3 is 5.11 Å². The van der Waals surface area contributed by atoms with Crippen molar-refractivity contribution >= 4 is 51.5 Å². The molecule has 3 aromatic rings. The topological polar surface area (TPSA) is 57.6 Å². The molecule has 0 aromatic heterocycles. The highest BCUT2D eigenvalue weighted by atomic mass is 35.5. The second-order valence-electron chi connectivity index (χ2n) is 8.64. The summed E-state index contributed by atoms with van der Waals surface area (Å²) in [7, 11) is 0. The summed E-state index contributed by atoms with van der Waals surface area (Å²) >= 11 is 13.6. The molecule has 2 amide bonds. The van der Waals surface area contributed by atoms with E-state index in [0.29, 0.717) is 10.8 Å². The highest BCUT2D eigenvalue weighted by molar-refractivity contribution is 6.58. The van der Waals surface area contributed by atoms with Gasteiger partial charge in [0.25, 0.3) is 11.8 Å². The first-order chi connectivity index (χ1) is 17.4. The van der Waals surface area contributed by atoms with Crippen LogP contribution in [0.2, 0.25) is 0 Å². The number of phenols is 1. The molecule has 3 atom stereocenters. The normalized spacial score (nSPS) is 25.4. The van der Waals surface area contributed by atoms with Gasteiger partial charge >= 0.3 is 0 Å². The quantitative estimate of drug-likeness (QED) is 0.135. The molecule has 3 unspecified atom stereocenters. The third-order valence-corrected chi connectivity index (χ3v) is 8.28. The minimum absolute atomic E-state index is 0.0596. The molecule has 0 radical (unpaired) electrons. The molecule has 1 fully saturated rings. The fourth-order valence-corrected chi connectivity index (χ4v) is 5.93. The lowest BCUT2D eigenvalue weighted by Gasteiger charge is -2.42. The van der Waals surface area contributed by atoms with Crippen LogP contribution < -0.4 is 4.90 Å². The number of carbonyl (C=O) groups is 2. The van der Waals surface area contributed by atoms with Crippen molar-refractivity contribution in [1.29, 1.82) is 0 Å². The number of imide groups is 1. The van der Waals surface area contributed by atoms with Crippen LogP contribution in [-0.4, -0.2) is 26.7 Å². The number of allylic oxidation sites excluding steroid dienone is 3. The van der Waals surface area contributed by atoms with Crippen LogP contribution in [-0.2, 0) is 9.59 Å². The van der Waals surface area contributed by atoms with Gasteiger partial charge in [-0.1, -0.05) is 49.1 Å². The molecule has 3 aromatic carbocycles. The van der Waals surface area contributed by atoms with Gasteiger partial charge in [0.2, 0.25) is 5.82 Å². The molecule has 1 N–H and O–H groups in total. The van der Waals surface area contributed by atoms with Gasteiger partial charge in [0.1, 0.15) is 11.4 Å². The number of fused-ring (bicyclic) bond motifs is 2. The number of carbonyl (C=O) groups excluding carboxylic acids is 2. The van der Waals surface area contributed by atoms with Gasteiger partial charge in [-0.05, 0) is 28.8 Å². The van der Waals surface area contributed by atoms with Crippen molar-refractivity contribution in [1.82, 2.24) is 0 Å². The first-order valence-electron chi connectivity index (χ1n) is 10.7. The number of nitrogens with zero attached hydrogens (tertiary/aromatic N) is 1. The van der Waals surface area contributed by atoms with Crippen molar-refractivity contribution in [3.8, 4) is 5.75 Å². The van der Waals surface area contributed by atoms with Crippen molar-refractivity contribution in [3.63, 3.8) is 0 Å². The number of anilines is 1. The molecular weight excluding hydrogens is 540 g/mol. The number of aromatic hydroxyl groups is 1. The van der Waals surface area contributed by atoms with Gasteiger partial charge in [0.05, 0.1) is 0 Å². The summed E-state index contributed by atoms with van der Waals surface area (Å²) in [6.07, 6.45) is 2.28. The number of hydrogen-bond acceptors (Lipinski definition) is 3. The van der Waals surface area contributed by atoms with Crippen LogP contribution in [0.25, 0.3) is 10.8 Å². The number of phenolic OH excluding ortho intramolecular Hbond substituents is 1. The van der Waals surface area contributed by atoms with Gasteiger partial charge in [0.15, 0.2) is 33.0 Å². The fourth-order valence-electron chi connectivity index (χ4n) is 5.10. The van der Waals surface area contributed by atoms with E-state index in [2.05, 4.69) is 6.58 Å². The average Bonchev–Trinajstić information content (AvgIpc) is 3.04. The Kier molecular flexibility index (Phi) is 5.65. The van der Waals surface area contributed by atoms with Gasteiger partial charge in [0, 0.05) is 11.5 Å². The second kappa shape index (κ2) is 8.29. The maximum Gasteiger partial charge on any atom is 0.258 e. The van der Waals surface area contributed by atoms with Crippen LogP contribution in [0.5, 0.6) is 5.75 Å². The fraction of sp³-hybridized carbons (Fsp3) is 0.154. The molecule has 4 nitrogen and oxygen atoms in total. The Labute approximate surface area is 216 Å². The molecule has 2 aliphatic rings. The van der Waals surface area contributed by atoms with Crippen LogP contribution in [0.3, 0.4) is 0 Å². The Bertz CT molecular complexity index is 1560. The lowest BCUT2D eigenvalue weighted by atomic mass is 9.67. The van der Waals surface area contributed by atoms with Crippen molar-refractivity contribution < 1.29 is 36.6 Å². The van der Waals surface area contributed by atoms with Crippen molar-refractivity contribution in [2.24, 2.45) is 0 Å². The number of amides is 2. The molecule has 1 heterocycles. The van der Waals surface area contributed by atoms with Crippen molar-refractivity contribution in [2.45, 2.75) is 22.1 Å². The summed E-state index contributed by atoms with van der Waals surface area (Å²) in [5, 5.41) is 11.9. The van der Waals surface area contributed by atoms with Crippen LogP contribution in [0.15, 0.2) is 60.7 Å². The molecule has 1 aliphatic carbocycles. The Hall–Kier alpha value is -3.43. The van der Waals surface area contributed by atoms with E-state index in [1.165, 1.54) is 18.2 Å². The van der Waals surface area contributed by atoms with Crippen LogP contribution >= 0.6 is 23.2 Å². The Morgan fingerprint density at radius 2 is 1.51 bits per heavy atom. The maximum absolute atomic E-state index is 14.7. The van der Waals surface area contributed by atoms with Crippen LogP contribution in [0.1, 0.15) is 17.9 Å². The maximum atomic E-state index is 14.7. The Balaban J connectivity index is 1.83. The highest BCUT2D eigenvalue weighted by Crippen LogP contribution is 2.61. The average molecular weight is 554 g/mol. The molecule has 1 saturated heterocycles. The first-order valence-corrected chi connectivity index (χ1v) is 11.5. The number of benzene rings is 3. The highest BCUT2D eigenvalue weighted by Gasteiger charge is 2.74. The predicted molar refractivity (Wildman–Crippen MR) is 127 cm³/mol. The molecule has 0 spiro atoms. The minimum Gasteiger partial charge on any atom is -0.508 e. The lowest BCUT2D eigenvalue weighted by Crippen LogP contribution is -2.55. The zero-order valence-electron chi connectivity index (χ0n) is 18.5. The summed E-state index contributed by atoms with van der Waals surface area (Å²) in [6, 6.07) is 9.59. The number of alkyl halides is 2. The molecule has 190 valence electrons. The van der Waals surface area contributed by atoms with E-state index in [-0.39, 0.29) is 21.8 Å². The monoisotopic (exact) mass is 553 g/mol. The second-order valence-corrected chi connectivity index (χ2v) is 9.88. The molecule has 0 bridgehead atoms. The van der Waals surface area contributed by atoms with E-state index in [1.54, 1.807) is 30.3 Å².